The number of rotatable bonds is 4. The number of hydrogen-bond acceptors (Lipinski definition) is 2. The van der Waals surface area contributed by atoms with E-state index in [-0.39, 0.29) is 11.3 Å². The number of aryl methyl sites for hydroxylation is 1. The van der Waals surface area contributed by atoms with Crippen molar-refractivity contribution in [3.8, 4) is 0 Å². The van der Waals surface area contributed by atoms with Crippen molar-refractivity contribution < 1.29 is 4.79 Å². The highest BCUT2D eigenvalue weighted by atomic mass is 35.5. The summed E-state index contributed by atoms with van der Waals surface area (Å²) < 4.78 is 0. The second-order valence-electron chi connectivity index (χ2n) is 3.23. The van der Waals surface area contributed by atoms with Crippen LogP contribution in [-0.2, 0) is 0 Å². The minimum absolute atomic E-state index is 0.0840. The van der Waals surface area contributed by atoms with Crippen molar-refractivity contribution in [1.82, 2.24) is 15.5 Å². The van der Waals surface area contributed by atoms with Crippen molar-refractivity contribution in [2.45, 2.75) is 25.6 Å². The first-order valence-electron chi connectivity index (χ1n) is 4.53. The number of aromatic nitrogens is 2. The van der Waals surface area contributed by atoms with Crippen LogP contribution in [0.25, 0.3) is 0 Å². The highest BCUT2D eigenvalue weighted by Gasteiger charge is 2.09. The Bertz CT molecular complexity index is 309. The molecule has 1 heterocycles. The third-order valence-corrected chi connectivity index (χ3v) is 2.12. The molecule has 0 aliphatic rings. The Hall–Kier alpha value is -1.03. The summed E-state index contributed by atoms with van der Waals surface area (Å²) in [5.74, 6) is -0.103. The van der Waals surface area contributed by atoms with E-state index in [0.717, 1.165) is 12.1 Å². The predicted molar refractivity (Wildman–Crippen MR) is 55.6 cm³/mol. The van der Waals surface area contributed by atoms with E-state index in [4.69, 9.17) is 11.6 Å². The lowest BCUT2D eigenvalue weighted by molar-refractivity contribution is 0.0953. The number of halogens is 1. The van der Waals surface area contributed by atoms with Gasteiger partial charge in [-0.3, -0.25) is 9.89 Å². The van der Waals surface area contributed by atoms with E-state index in [9.17, 15) is 4.79 Å². The number of carbonyl (C=O) groups excluding carboxylic acids is 1. The van der Waals surface area contributed by atoms with Crippen LogP contribution in [0.2, 0.25) is 0 Å². The summed E-state index contributed by atoms with van der Waals surface area (Å²) in [5, 5.41) is 9.34. The highest BCUT2D eigenvalue weighted by Crippen LogP contribution is 2.02. The summed E-state index contributed by atoms with van der Waals surface area (Å²) in [5.41, 5.74) is 1.37. The van der Waals surface area contributed by atoms with Crippen LogP contribution in [0.15, 0.2) is 6.20 Å². The Kier molecular flexibility index (Phi) is 3.95. The van der Waals surface area contributed by atoms with Crippen molar-refractivity contribution in [3.63, 3.8) is 0 Å². The zero-order valence-electron chi connectivity index (χ0n) is 8.30. The van der Waals surface area contributed by atoms with Crippen LogP contribution in [0.5, 0.6) is 0 Å². The fraction of sp³-hybridized carbons (Fsp3) is 0.556. The first-order chi connectivity index (χ1) is 6.61. The number of alkyl halides is 1. The van der Waals surface area contributed by atoms with Gasteiger partial charge in [-0.05, 0) is 20.3 Å². The second-order valence-corrected chi connectivity index (χ2v) is 3.98. The standard InChI is InChI=1S/C9H14ClN3O/c1-6(10)3-4-11-9(14)8-5-12-13-7(8)2/h5-6H,3-4H2,1-2H3,(H,11,14)(H,12,13). The molecule has 0 aliphatic carbocycles. The van der Waals surface area contributed by atoms with Gasteiger partial charge in [0, 0.05) is 17.6 Å². The fourth-order valence-corrected chi connectivity index (χ4v) is 1.17. The predicted octanol–water partition coefficient (Wildman–Crippen LogP) is 1.47. The molecule has 0 saturated heterocycles. The molecule has 0 radical (unpaired) electrons. The van der Waals surface area contributed by atoms with Crippen molar-refractivity contribution in [2.24, 2.45) is 0 Å². The minimum Gasteiger partial charge on any atom is -0.352 e. The zero-order valence-corrected chi connectivity index (χ0v) is 9.06. The first kappa shape index (κ1) is 11.0. The molecule has 14 heavy (non-hydrogen) atoms. The summed E-state index contributed by atoms with van der Waals surface area (Å²) >= 11 is 5.75. The number of carbonyl (C=O) groups is 1. The second kappa shape index (κ2) is 5.00. The molecule has 5 heteroatoms. The molecule has 0 spiro atoms. The average molecular weight is 216 g/mol. The van der Waals surface area contributed by atoms with E-state index >= 15 is 0 Å². The SMILES string of the molecule is Cc1[nH]ncc1C(=O)NCCC(C)Cl. The van der Waals surface area contributed by atoms with Gasteiger partial charge in [0.2, 0.25) is 0 Å². The third kappa shape index (κ3) is 3.03. The van der Waals surface area contributed by atoms with Crippen LogP contribution in [-0.4, -0.2) is 28.0 Å². The Labute approximate surface area is 88.0 Å². The van der Waals surface area contributed by atoms with E-state index < -0.39 is 0 Å². The molecule has 1 unspecified atom stereocenters. The number of nitrogens with one attached hydrogen (secondary N) is 2. The molecule has 1 rings (SSSR count). The Morgan fingerprint density at radius 2 is 2.50 bits per heavy atom. The molecule has 0 bridgehead atoms. The normalized spacial score (nSPS) is 12.5. The van der Waals surface area contributed by atoms with Gasteiger partial charge in [-0.15, -0.1) is 11.6 Å². The van der Waals surface area contributed by atoms with E-state index in [1.165, 1.54) is 6.20 Å². The molecule has 1 amide bonds. The number of aromatic amines is 1. The maximum Gasteiger partial charge on any atom is 0.254 e. The smallest absolute Gasteiger partial charge is 0.254 e. The van der Waals surface area contributed by atoms with Crippen LogP contribution in [0, 0.1) is 6.92 Å². The molecule has 78 valence electrons. The summed E-state index contributed by atoms with van der Waals surface area (Å²) in [6.45, 7) is 4.30. The van der Waals surface area contributed by atoms with Gasteiger partial charge in [0.1, 0.15) is 0 Å². The van der Waals surface area contributed by atoms with Crippen LogP contribution < -0.4 is 5.32 Å². The van der Waals surface area contributed by atoms with Gasteiger partial charge in [0.05, 0.1) is 11.8 Å². The molecular formula is C9H14ClN3O. The monoisotopic (exact) mass is 215 g/mol. The van der Waals surface area contributed by atoms with E-state index in [2.05, 4.69) is 15.5 Å². The molecule has 1 aromatic rings. The number of amides is 1. The van der Waals surface area contributed by atoms with Crippen LogP contribution in [0.1, 0.15) is 29.4 Å². The topological polar surface area (TPSA) is 57.8 Å². The summed E-state index contributed by atoms with van der Waals surface area (Å²) in [6, 6.07) is 0. The molecular weight excluding hydrogens is 202 g/mol. The van der Waals surface area contributed by atoms with Gasteiger partial charge in [0.15, 0.2) is 0 Å². The van der Waals surface area contributed by atoms with Crippen LogP contribution in [0.4, 0.5) is 0 Å². The van der Waals surface area contributed by atoms with Crippen molar-refractivity contribution >= 4 is 17.5 Å². The Morgan fingerprint density at radius 1 is 1.79 bits per heavy atom. The van der Waals surface area contributed by atoms with Crippen molar-refractivity contribution in [3.05, 3.63) is 17.5 Å². The van der Waals surface area contributed by atoms with Gasteiger partial charge in [-0.25, -0.2) is 0 Å². The van der Waals surface area contributed by atoms with Gasteiger partial charge in [-0.1, -0.05) is 0 Å². The molecule has 2 N–H and O–H groups in total. The Balaban J connectivity index is 2.40. The van der Waals surface area contributed by atoms with Crippen LogP contribution >= 0.6 is 11.6 Å². The first-order valence-corrected chi connectivity index (χ1v) is 4.97. The summed E-state index contributed by atoms with van der Waals surface area (Å²) in [4.78, 5) is 11.5. The van der Waals surface area contributed by atoms with E-state index in [1.54, 1.807) is 0 Å². The lowest BCUT2D eigenvalue weighted by atomic mass is 10.2. The minimum atomic E-state index is -0.103. The molecule has 0 aliphatic heterocycles. The molecule has 1 aromatic heterocycles. The molecule has 0 fully saturated rings. The summed E-state index contributed by atoms with van der Waals surface area (Å²) in [6.07, 6.45) is 2.29. The molecule has 4 nitrogen and oxygen atoms in total. The molecule has 1 atom stereocenters. The Morgan fingerprint density at radius 3 is 3.00 bits per heavy atom. The zero-order chi connectivity index (χ0) is 10.6. The van der Waals surface area contributed by atoms with Gasteiger partial charge >= 0.3 is 0 Å². The number of hydrogen-bond donors (Lipinski definition) is 2. The molecule has 0 aromatic carbocycles. The quantitative estimate of drug-likeness (QED) is 0.748. The maximum atomic E-state index is 11.5. The molecule has 0 saturated carbocycles. The number of nitrogens with zero attached hydrogens (tertiary/aromatic N) is 1. The third-order valence-electron chi connectivity index (χ3n) is 1.90. The highest BCUT2D eigenvalue weighted by molar-refractivity contribution is 6.20. The van der Waals surface area contributed by atoms with E-state index in [0.29, 0.717) is 12.1 Å². The van der Waals surface area contributed by atoms with Crippen molar-refractivity contribution in [2.75, 3.05) is 6.54 Å². The van der Waals surface area contributed by atoms with Gasteiger partial charge in [0.25, 0.3) is 5.91 Å². The summed E-state index contributed by atoms with van der Waals surface area (Å²) in [7, 11) is 0. The van der Waals surface area contributed by atoms with E-state index in [1.807, 2.05) is 13.8 Å². The fourth-order valence-electron chi connectivity index (χ4n) is 1.06. The lowest BCUT2D eigenvalue weighted by Gasteiger charge is -2.04. The van der Waals surface area contributed by atoms with Gasteiger partial charge < -0.3 is 5.32 Å². The largest absolute Gasteiger partial charge is 0.352 e. The average Bonchev–Trinajstić information content (AvgIpc) is 2.50. The maximum absolute atomic E-state index is 11.5. The number of H-pyrrole nitrogens is 1. The van der Waals surface area contributed by atoms with Crippen LogP contribution in [0.3, 0.4) is 0 Å². The van der Waals surface area contributed by atoms with Gasteiger partial charge in [-0.2, -0.15) is 5.10 Å². The lowest BCUT2D eigenvalue weighted by Crippen LogP contribution is -2.25. The van der Waals surface area contributed by atoms with Crippen molar-refractivity contribution in [1.29, 1.82) is 0 Å².